The number of ether oxygens (including phenoxy) is 1. The van der Waals surface area contributed by atoms with E-state index in [-0.39, 0.29) is 11.3 Å². The Bertz CT molecular complexity index is 879. The molecule has 1 atom stereocenters. The second-order valence-corrected chi connectivity index (χ2v) is 8.85. The van der Waals surface area contributed by atoms with Gasteiger partial charge in [0.05, 0.1) is 18.8 Å². The molecule has 4 rings (SSSR count). The number of aliphatic hydroxyl groups is 1. The number of carbonyl (C=O) groups excluding carboxylic acids is 1. The lowest BCUT2D eigenvalue weighted by Crippen LogP contribution is -2.55. The molecule has 30 heavy (non-hydrogen) atoms. The molecule has 2 aliphatic rings. The first-order chi connectivity index (χ1) is 14.5. The minimum Gasteiger partial charge on any atom is -0.497 e. The standard InChI is InChI=1S/C24H31N3O3/c1-18-12-22(30-2)6-5-20(18)15-26-10-7-24(8-11-26)13-21(28)16-27(17-24)23(29)19-4-3-9-25-14-19/h3-6,9,12,14,21,28H,7-8,10-11,13,15-17H2,1-2H3. The molecule has 2 aliphatic heterocycles. The minimum atomic E-state index is -0.463. The van der Waals surface area contributed by atoms with Crippen LogP contribution in [-0.2, 0) is 6.54 Å². The molecule has 1 spiro atoms. The van der Waals surface area contributed by atoms with Crippen molar-refractivity contribution in [2.75, 3.05) is 33.3 Å². The zero-order valence-corrected chi connectivity index (χ0v) is 17.9. The molecule has 0 aliphatic carbocycles. The van der Waals surface area contributed by atoms with Crippen LogP contribution >= 0.6 is 0 Å². The third kappa shape index (κ3) is 4.50. The van der Waals surface area contributed by atoms with E-state index in [2.05, 4.69) is 28.9 Å². The molecule has 0 saturated carbocycles. The Kier molecular flexibility index (Phi) is 6.06. The quantitative estimate of drug-likeness (QED) is 0.841. The summed E-state index contributed by atoms with van der Waals surface area (Å²) in [6, 6.07) is 9.83. The number of carbonyl (C=O) groups is 1. The number of pyridine rings is 1. The summed E-state index contributed by atoms with van der Waals surface area (Å²) in [7, 11) is 1.69. The van der Waals surface area contributed by atoms with Gasteiger partial charge in [-0.3, -0.25) is 14.7 Å². The van der Waals surface area contributed by atoms with Crippen LogP contribution < -0.4 is 4.74 Å². The van der Waals surface area contributed by atoms with Gasteiger partial charge in [-0.25, -0.2) is 0 Å². The summed E-state index contributed by atoms with van der Waals surface area (Å²) >= 11 is 0. The highest BCUT2D eigenvalue weighted by Crippen LogP contribution is 2.40. The van der Waals surface area contributed by atoms with E-state index in [1.54, 1.807) is 31.6 Å². The van der Waals surface area contributed by atoms with E-state index in [0.717, 1.165) is 44.6 Å². The van der Waals surface area contributed by atoms with Gasteiger partial charge < -0.3 is 14.7 Å². The number of piperidine rings is 2. The third-order valence-electron chi connectivity index (χ3n) is 6.68. The van der Waals surface area contributed by atoms with Crippen molar-refractivity contribution in [3.8, 4) is 5.75 Å². The second-order valence-electron chi connectivity index (χ2n) is 8.85. The summed E-state index contributed by atoms with van der Waals surface area (Å²) in [6.45, 7) is 6.13. The number of aryl methyl sites for hydroxylation is 1. The van der Waals surface area contributed by atoms with Crippen LogP contribution in [0.3, 0.4) is 0 Å². The fourth-order valence-corrected chi connectivity index (χ4v) is 4.94. The number of hydrogen-bond acceptors (Lipinski definition) is 5. The van der Waals surface area contributed by atoms with Crippen molar-refractivity contribution in [3.63, 3.8) is 0 Å². The smallest absolute Gasteiger partial charge is 0.255 e. The van der Waals surface area contributed by atoms with Crippen molar-refractivity contribution in [2.45, 2.75) is 38.8 Å². The van der Waals surface area contributed by atoms with Crippen molar-refractivity contribution < 1.29 is 14.6 Å². The zero-order valence-electron chi connectivity index (χ0n) is 17.9. The van der Waals surface area contributed by atoms with E-state index < -0.39 is 6.10 Å². The molecular weight excluding hydrogens is 378 g/mol. The lowest BCUT2D eigenvalue weighted by molar-refractivity contribution is -0.0337. The topological polar surface area (TPSA) is 65.9 Å². The van der Waals surface area contributed by atoms with E-state index in [0.29, 0.717) is 18.7 Å². The summed E-state index contributed by atoms with van der Waals surface area (Å²) in [5.74, 6) is 0.862. The Morgan fingerprint density at radius 1 is 1.30 bits per heavy atom. The number of aromatic nitrogens is 1. The van der Waals surface area contributed by atoms with Crippen molar-refractivity contribution in [2.24, 2.45) is 5.41 Å². The number of hydrogen-bond donors (Lipinski definition) is 1. The van der Waals surface area contributed by atoms with Crippen molar-refractivity contribution in [3.05, 3.63) is 59.4 Å². The fourth-order valence-electron chi connectivity index (χ4n) is 4.94. The van der Waals surface area contributed by atoms with Gasteiger partial charge in [-0.2, -0.15) is 0 Å². The molecule has 1 aromatic carbocycles. The molecule has 1 amide bonds. The van der Waals surface area contributed by atoms with E-state index in [1.807, 2.05) is 11.0 Å². The average Bonchev–Trinajstić information content (AvgIpc) is 2.76. The Morgan fingerprint density at radius 3 is 2.77 bits per heavy atom. The van der Waals surface area contributed by atoms with Crippen molar-refractivity contribution in [1.82, 2.24) is 14.8 Å². The predicted molar refractivity (Wildman–Crippen MR) is 115 cm³/mol. The second kappa shape index (κ2) is 8.74. The highest BCUT2D eigenvalue weighted by Gasteiger charge is 2.43. The Labute approximate surface area is 178 Å². The van der Waals surface area contributed by atoms with E-state index in [9.17, 15) is 9.90 Å². The SMILES string of the molecule is COc1ccc(CN2CCC3(CC2)CC(O)CN(C(=O)c2cccnc2)C3)c(C)c1. The molecule has 6 heteroatoms. The number of rotatable bonds is 4. The van der Waals surface area contributed by atoms with Crippen LogP contribution in [-0.4, -0.2) is 65.2 Å². The van der Waals surface area contributed by atoms with Crippen LogP contribution in [0, 0.1) is 12.3 Å². The predicted octanol–water partition coefficient (Wildman–Crippen LogP) is 2.89. The molecule has 6 nitrogen and oxygen atoms in total. The normalized spacial score (nSPS) is 21.6. The molecular formula is C24H31N3O3. The summed E-state index contributed by atoms with van der Waals surface area (Å²) in [5.41, 5.74) is 3.16. The number of nitrogens with zero attached hydrogens (tertiary/aromatic N) is 3. The van der Waals surface area contributed by atoms with Gasteiger partial charge in [0.1, 0.15) is 5.75 Å². The van der Waals surface area contributed by atoms with Crippen LogP contribution in [0.15, 0.2) is 42.7 Å². The van der Waals surface area contributed by atoms with Gasteiger partial charge in [-0.15, -0.1) is 0 Å². The van der Waals surface area contributed by atoms with Crippen LogP contribution in [0.4, 0.5) is 0 Å². The number of likely N-dealkylation sites (tertiary alicyclic amines) is 2. The minimum absolute atomic E-state index is 0.000980. The van der Waals surface area contributed by atoms with Crippen LogP contribution in [0.2, 0.25) is 0 Å². The summed E-state index contributed by atoms with van der Waals surface area (Å²) in [6.07, 6.45) is 5.58. The van der Waals surface area contributed by atoms with Crippen LogP contribution in [0.5, 0.6) is 5.75 Å². The lowest BCUT2D eigenvalue weighted by Gasteiger charge is -2.49. The van der Waals surface area contributed by atoms with Crippen LogP contribution in [0.1, 0.15) is 40.7 Å². The average molecular weight is 410 g/mol. The van der Waals surface area contributed by atoms with E-state index in [1.165, 1.54) is 11.1 Å². The van der Waals surface area contributed by atoms with Gasteiger partial charge in [0.15, 0.2) is 0 Å². The molecule has 1 unspecified atom stereocenters. The van der Waals surface area contributed by atoms with Crippen LogP contribution in [0.25, 0.3) is 0 Å². The number of amides is 1. The van der Waals surface area contributed by atoms with Gasteiger partial charge in [0, 0.05) is 32.0 Å². The maximum absolute atomic E-state index is 12.9. The molecule has 1 aromatic heterocycles. The number of aliphatic hydroxyl groups excluding tert-OH is 1. The van der Waals surface area contributed by atoms with Gasteiger partial charge in [0.25, 0.3) is 5.91 Å². The summed E-state index contributed by atoms with van der Waals surface area (Å²) in [4.78, 5) is 21.3. The number of methoxy groups -OCH3 is 1. The summed E-state index contributed by atoms with van der Waals surface area (Å²) in [5, 5.41) is 10.5. The Morgan fingerprint density at radius 2 is 2.10 bits per heavy atom. The monoisotopic (exact) mass is 409 g/mol. The summed E-state index contributed by atoms with van der Waals surface area (Å²) < 4.78 is 5.31. The first-order valence-corrected chi connectivity index (χ1v) is 10.7. The van der Waals surface area contributed by atoms with Crippen molar-refractivity contribution >= 4 is 5.91 Å². The molecule has 0 radical (unpaired) electrons. The highest BCUT2D eigenvalue weighted by molar-refractivity contribution is 5.94. The maximum atomic E-state index is 12.9. The zero-order chi connectivity index (χ0) is 21.1. The van der Waals surface area contributed by atoms with E-state index in [4.69, 9.17) is 4.74 Å². The fraction of sp³-hybridized carbons (Fsp3) is 0.500. The third-order valence-corrected chi connectivity index (χ3v) is 6.68. The van der Waals surface area contributed by atoms with Crippen molar-refractivity contribution in [1.29, 1.82) is 0 Å². The van der Waals surface area contributed by atoms with Gasteiger partial charge in [0.2, 0.25) is 0 Å². The van der Waals surface area contributed by atoms with Gasteiger partial charge >= 0.3 is 0 Å². The first-order valence-electron chi connectivity index (χ1n) is 10.7. The molecule has 160 valence electrons. The molecule has 2 aromatic rings. The number of β-amino-alcohol motifs (C(OH)–C–C–N with tert-alkyl or cyclic N) is 1. The molecule has 2 fully saturated rings. The van der Waals surface area contributed by atoms with Gasteiger partial charge in [-0.05, 0) is 80.1 Å². The van der Waals surface area contributed by atoms with E-state index >= 15 is 0 Å². The molecule has 0 bridgehead atoms. The lowest BCUT2D eigenvalue weighted by atomic mass is 9.71. The Hall–Kier alpha value is -2.44. The maximum Gasteiger partial charge on any atom is 0.255 e. The molecule has 1 N–H and O–H groups in total. The van der Waals surface area contributed by atoms with Gasteiger partial charge in [-0.1, -0.05) is 6.07 Å². The first kappa shape index (κ1) is 20.8. The Balaban J connectivity index is 1.39. The molecule has 2 saturated heterocycles. The number of benzene rings is 1. The largest absolute Gasteiger partial charge is 0.497 e. The molecule has 3 heterocycles. The highest BCUT2D eigenvalue weighted by atomic mass is 16.5.